The first-order valence-corrected chi connectivity index (χ1v) is 7.44. The molecule has 0 fully saturated rings. The number of anilines is 1. The normalized spacial score (nSPS) is 10.8. The third-order valence-corrected chi connectivity index (χ3v) is 3.18. The number of methoxy groups -OCH3 is 1. The Labute approximate surface area is 151 Å². The van der Waals surface area contributed by atoms with Crippen molar-refractivity contribution in [3.05, 3.63) is 48.0 Å². The molecule has 144 valence electrons. The maximum atomic E-state index is 12.1. The van der Waals surface area contributed by atoms with E-state index in [1.54, 1.807) is 0 Å². The molecule has 0 aliphatic carbocycles. The lowest BCUT2D eigenvalue weighted by atomic mass is 10.2. The van der Waals surface area contributed by atoms with Crippen LogP contribution < -0.4 is 25.3 Å². The van der Waals surface area contributed by atoms with Gasteiger partial charge in [0.05, 0.1) is 12.7 Å². The maximum Gasteiger partial charge on any atom is 0.573 e. The van der Waals surface area contributed by atoms with Gasteiger partial charge >= 0.3 is 6.36 Å². The van der Waals surface area contributed by atoms with Crippen molar-refractivity contribution in [2.45, 2.75) is 6.36 Å². The molecule has 0 aliphatic heterocycles. The second-order valence-corrected chi connectivity index (χ2v) is 5.14. The maximum absolute atomic E-state index is 12.1. The Hall–Kier alpha value is -3.43. The lowest BCUT2D eigenvalue weighted by molar-refractivity contribution is -0.274. The van der Waals surface area contributed by atoms with Gasteiger partial charge in [-0.15, -0.1) is 13.2 Å². The number of halogens is 3. The molecule has 0 radical (unpaired) electrons. The Kier molecular flexibility index (Phi) is 6.11. The highest BCUT2D eigenvalue weighted by Crippen LogP contribution is 2.25. The molecule has 0 aliphatic rings. The lowest BCUT2D eigenvalue weighted by Crippen LogP contribution is -2.22. The van der Waals surface area contributed by atoms with E-state index in [2.05, 4.69) is 10.1 Å². The van der Waals surface area contributed by atoms with Crippen molar-refractivity contribution in [3.8, 4) is 17.2 Å². The first kappa shape index (κ1) is 19.9. The van der Waals surface area contributed by atoms with E-state index in [0.717, 1.165) is 12.1 Å². The van der Waals surface area contributed by atoms with E-state index in [-0.39, 0.29) is 17.0 Å². The fourth-order valence-electron chi connectivity index (χ4n) is 2.03. The smallest absolute Gasteiger partial charge is 0.497 e. The number of nitrogens with two attached hydrogens (primary N) is 1. The zero-order chi connectivity index (χ0) is 20.0. The van der Waals surface area contributed by atoms with Gasteiger partial charge in [0.1, 0.15) is 17.2 Å². The summed E-state index contributed by atoms with van der Waals surface area (Å²) < 4.78 is 50.4. The standard InChI is InChI=1S/C17H15F3N2O5/c1-25-12-6-7-13(16(21)24)14(8-12)26-9-15(23)22-10-2-4-11(5-3-10)27-17(18,19)20/h2-8H,9H2,1H3,(H2,21,24)(H,22,23). The van der Waals surface area contributed by atoms with Gasteiger partial charge in [-0.3, -0.25) is 9.59 Å². The number of hydrogen-bond acceptors (Lipinski definition) is 5. The Bertz CT molecular complexity index is 822. The second-order valence-electron chi connectivity index (χ2n) is 5.14. The molecule has 10 heteroatoms. The minimum absolute atomic E-state index is 0.0610. The number of carbonyl (C=O) groups is 2. The van der Waals surface area contributed by atoms with Crippen molar-refractivity contribution in [3.63, 3.8) is 0 Å². The predicted octanol–water partition coefficient (Wildman–Crippen LogP) is 2.71. The number of hydrogen-bond donors (Lipinski definition) is 2. The molecular formula is C17H15F3N2O5. The Morgan fingerprint density at radius 2 is 1.70 bits per heavy atom. The molecule has 0 aromatic heterocycles. The average Bonchev–Trinajstić information content (AvgIpc) is 2.60. The lowest BCUT2D eigenvalue weighted by Gasteiger charge is -2.12. The Morgan fingerprint density at radius 1 is 1.07 bits per heavy atom. The number of carbonyl (C=O) groups excluding carboxylic acids is 2. The van der Waals surface area contributed by atoms with Crippen molar-refractivity contribution < 1.29 is 37.0 Å². The van der Waals surface area contributed by atoms with Crippen LogP contribution in [0.5, 0.6) is 17.2 Å². The van der Waals surface area contributed by atoms with Crippen LogP contribution in [0.15, 0.2) is 42.5 Å². The van der Waals surface area contributed by atoms with Gasteiger partial charge in [0.2, 0.25) is 0 Å². The number of alkyl halides is 3. The molecule has 2 aromatic rings. The summed E-state index contributed by atoms with van der Waals surface area (Å²) in [5.41, 5.74) is 5.54. The van der Waals surface area contributed by atoms with Crippen molar-refractivity contribution in [1.29, 1.82) is 0 Å². The van der Waals surface area contributed by atoms with E-state index >= 15 is 0 Å². The summed E-state index contributed by atoms with van der Waals surface area (Å²) in [6.07, 6.45) is -4.80. The molecule has 0 heterocycles. The van der Waals surface area contributed by atoms with Crippen molar-refractivity contribution in [1.82, 2.24) is 0 Å². The quantitative estimate of drug-likeness (QED) is 0.765. The fraction of sp³-hybridized carbons (Fsp3) is 0.176. The zero-order valence-electron chi connectivity index (χ0n) is 14.0. The minimum Gasteiger partial charge on any atom is -0.497 e. The first-order chi connectivity index (χ1) is 12.7. The summed E-state index contributed by atoms with van der Waals surface area (Å²) in [6, 6.07) is 8.88. The molecule has 0 bridgehead atoms. The number of nitrogens with one attached hydrogen (secondary N) is 1. The number of primary amides is 1. The van der Waals surface area contributed by atoms with E-state index in [1.807, 2.05) is 0 Å². The van der Waals surface area contributed by atoms with Gasteiger partial charge in [-0.1, -0.05) is 0 Å². The molecule has 0 unspecified atom stereocenters. The minimum atomic E-state index is -4.80. The van der Waals surface area contributed by atoms with Gasteiger partial charge in [-0.05, 0) is 36.4 Å². The summed E-state index contributed by atoms with van der Waals surface area (Å²) in [7, 11) is 1.42. The summed E-state index contributed by atoms with van der Waals surface area (Å²) in [5, 5.41) is 2.43. The van der Waals surface area contributed by atoms with E-state index in [4.69, 9.17) is 15.2 Å². The van der Waals surface area contributed by atoms with E-state index in [9.17, 15) is 22.8 Å². The van der Waals surface area contributed by atoms with Crippen LogP contribution in [0.3, 0.4) is 0 Å². The average molecular weight is 384 g/mol. The monoisotopic (exact) mass is 384 g/mol. The highest BCUT2D eigenvalue weighted by Gasteiger charge is 2.30. The molecule has 2 aromatic carbocycles. The van der Waals surface area contributed by atoms with Crippen LogP contribution in [-0.2, 0) is 4.79 Å². The predicted molar refractivity (Wildman–Crippen MR) is 88.8 cm³/mol. The summed E-state index contributed by atoms with van der Waals surface area (Å²) in [4.78, 5) is 23.3. The van der Waals surface area contributed by atoms with E-state index in [0.29, 0.717) is 5.75 Å². The van der Waals surface area contributed by atoms with Crippen LogP contribution in [0.25, 0.3) is 0 Å². The van der Waals surface area contributed by atoms with E-state index < -0.39 is 30.5 Å². The largest absolute Gasteiger partial charge is 0.573 e. The Balaban J connectivity index is 1.97. The summed E-state index contributed by atoms with van der Waals surface area (Å²) >= 11 is 0. The summed E-state index contributed by atoms with van der Waals surface area (Å²) in [6.45, 7) is -0.464. The third-order valence-electron chi connectivity index (χ3n) is 3.18. The first-order valence-electron chi connectivity index (χ1n) is 7.44. The second kappa shape index (κ2) is 8.30. The number of ether oxygens (including phenoxy) is 3. The van der Waals surface area contributed by atoms with Crippen LogP contribution in [0.1, 0.15) is 10.4 Å². The topological polar surface area (TPSA) is 99.9 Å². The third kappa shape index (κ3) is 6.10. The molecule has 27 heavy (non-hydrogen) atoms. The SMILES string of the molecule is COc1ccc(C(N)=O)c(OCC(=O)Nc2ccc(OC(F)(F)F)cc2)c1. The molecule has 0 atom stereocenters. The van der Waals surface area contributed by atoms with Crippen LogP contribution in [0, 0.1) is 0 Å². The molecule has 0 spiro atoms. The zero-order valence-corrected chi connectivity index (χ0v) is 14.0. The number of rotatable bonds is 7. The van der Waals surface area contributed by atoms with Gasteiger partial charge in [-0.25, -0.2) is 0 Å². The fourth-order valence-corrected chi connectivity index (χ4v) is 2.03. The van der Waals surface area contributed by atoms with Crippen LogP contribution in [0.4, 0.5) is 18.9 Å². The van der Waals surface area contributed by atoms with Gasteiger partial charge in [-0.2, -0.15) is 0 Å². The highest BCUT2D eigenvalue weighted by atomic mass is 19.4. The molecule has 2 amide bonds. The van der Waals surface area contributed by atoms with E-state index in [1.165, 1.54) is 37.4 Å². The van der Waals surface area contributed by atoms with Crippen LogP contribution in [-0.4, -0.2) is 31.9 Å². The molecule has 0 saturated carbocycles. The van der Waals surface area contributed by atoms with Crippen molar-refractivity contribution >= 4 is 17.5 Å². The molecular weight excluding hydrogens is 369 g/mol. The van der Waals surface area contributed by atoms with Gasteiger partial charge < -0.3 is 25.3 Å². The van der Waals surface area contributed by atoms with Crippen molar-refractivity contribution in [2.75, 3.05) is 19.0 Å². The molecule has 0 saturated heterocycles. The molecule has 3 N–H and O–H groups in total. The number of amides is 2. The van der Waals surface area contributed by atoms with Gasteiger partial charge in [0.15, 0.2) is 6.61 Å². The van der Waals surface area contributed by atoms with Crippen molar-refractivity contribution in [2.24, 2.45) is 5.73 Å². The molecule has 7 nitrogen and oxygen atoms in total. The van der Waals surface area contributed by atoms with Gasteiger partial charge in [0.25, 0.3) is 11.8 Å². The Morgan fingerprint density at radius 3 is 2.26 bits per heavy atom. The molecule has 2 rings (SSSR count). The van der Waals surface area contributed by atoms with Crippen LogP contribution in [0.2, 0.25) is 0 Å². The highest BCUT2D eigenvalue weighted by molar-refractivity contribution is 5.96. The van der Waals surface area contributed by atoms with Gasteiger partial charge in [0, 0.05) is 11.8 Å². The van der Waals surface area contributed by atoms with Crippen LogP contribution >= 0.6 is 0 Å². The summed E-state index contributed by atoms with van der Waals surface area (Å²) in [5.74, 6) is -1.30. The number of benzene rings is 2.